The van der Waals surface area contributed by atoms with E-state index in [1.54, 1.807) is 0 Å². The van der Waals surface area contributed by atoms with Crippen LogP contribution in [0.5, 0.6) is 0 Å². The molecule has 0 unspecified atom stereocenters. The van der Waals surface area contributed by atoms with Crippen LogP contribution in [0.1, 0.15) is 57.4 Å². The van der Waals surface area contributed by atoms with Crippen molar-refractivity contribution in [3.05, 3.63) is 46.1 Å². The van der Waals surface area contributed by atoms with E-state index >= 15 is 0 Å². The molecule has 4 rings (SSSR count). The summed E-state index contributed by atoms with van der Waals surface area (Å²) in [5, 5.41) is 8.24. The fourth-order valence-electron chi connectivity index (χ4n) is 4.87. The minimum absolute atomic E-state index is 0.0694. The SMILES string of the molecule is C[C@H]1CCCCN1c1cc(Cl)nc(NC(=S)NCC2(c3ccc(Cl)cc3)CCCC2)n1. The van der Waals surface area contributed by atoms with Crippen LogP contribution in [0.2, 0.25) is 10.2 Å². The molecule has 1 saturated heterocycles. The Bertz CT molecular complexity index is 915. The van der Waals surface area contributed by atoms with Crippen LogP contribution in [0.3, 0.4) is 0 Å². The minimum atomic E-state index is 0.0694. The Hall–Kier alpha value is -1.63. The molecule has 2 heterocycles. The fourth-order valence-corrected chi connectivity index (χ4v) is 5.33. The van der Waals surface area contributed by atoms with Crippen molar-refractivity contribution in [3.63, 3.8) is 0 Å². The van der Waals surface area contributed by atoms with Gasteiger partial charge >= 0.3 is 0 Å². The molecular weight excluding hydrogens is 449 g/mol. The molecule has 5 nitrogen and oxygen atoms in total. The van der Waals surface area contributed by atoms with E-state index in [0.717, 1.165) is 43.2 Å². The van der Waals surface area contributed by atoms with Gasteiger partial charge in [0.25, 0.3) is 0 Å². The molecule has 31 heavy (non-hydrogen) atoms. The maximum Gasteiger partial charge on any atom is 0.232 e. The van der Waals surface area contributed by atoms with Gasteiger partial charge < -0.3 is 15.5 Å². The summed E-state index contributed by atoms with van der Waals surface area (Å²) in [6.45, 7) is 3.98. The first-order valence-electron chi connectivity index (χ1n) is 11.1. The molecule has 2 aromatic rings. The summed E-state index contributed by atoms with van der Waals surface area (Å²) < 4.78 is 0. The van der Waals surface area contributed by atoms with Gasteiger partial charge in [-0.05, 0) is 68.9 Å². The summed E-state index contributed by atoms with van der Waals surface area (Å²) in [5.41, 5.74) is 1.38. The molecule has 0 radical (unpaired) electrons. The third kappa shape index (κ3) is 5.41. The zero-order valence-corrected chi connectivity index (χ0v) is 20.2. The van der Waals surface area contributed by atoms with Crippen LogP contribution in [-0.4, -0.2) is 34.2 Å². The van der Waals surface area contributed by atoms with Gasteiger partial charge in [0.1, 0.15) is 11.0 Å². The Kier molecular flexibility index (Phi) is 7.19. The molecular formula is C23H29Cl2N5S. The molecule has 0 amide bonds. The smallest absolute Gasteiger partial charge is 0.232 e. The van der Waals surface area contributed by atoms with Crippen LogP contribution in [0.4, 0.5) is 11.8 Å². The second-order valence-corrected chi connectivity index (χ2v) is 9.94. The Labute approximate surface area is 199 Å². The van der Waals surface area contributed by atoms with Crippen molar-refractivity contribution < 1.29 is 0 Å². The van der Waals surface area contributed by atoms with Crippen LogP contribution in [0.25, 0.3) is 0 Å². The molecule has 2 fully saturated rings. The topological polar surface area (TPSA) is 53.1 Å². The predicted molar refractivity (Wildman–Crippen MR) is 134 cm³/mol. The van der Waals surface area contributed by atoms with Gasteiger partial charge in [0.15, 0.2) is 5.11 Å². The first-order valence-corrected chi connectivity index (χ1v) is 12.2. The van der Waals surface area contributed by atoms with E-state index in [0.29, 0.717) is 22.3 Å². The summed E-state index contributed by atoms with van der Waals surface area (Å²) in [5.74, 6) is 1.29. The van der Waals surface area contributed by atoms with Crippen molar-refractivity contribution in [3.8, 4) is 0 Å². The van der Waals surface area contributed by atoms with E-state index in [9.17, 15) is 0 Å². The number of nitrogens with one attached hydrogen (secondary N) is 2. The highest BCUT2D eigenvalue weighted by Crippen LogP contribution is 2.41. The van der Waals surface area contributed by atoms with E-state index in [-0.39, 0.29) is 5.41 Å². The first-order chi connectivity index (χ1) is 14.9. The van der Waals surface area contributed by atoms with Crippen LogP contribution < -0.4 is 15.5 Å². The highest BCUT2D eigenvalue weighted by Gasteiger charge is 2.35. The van der Waals surface area contributed by atoms with Crippen LogP contribution >= 0.6 is 35.4 Å². The van der Waals surface area contributed by atoms with Gasteiger partial charge in [-0.25, -0.2) is 4.98 Å². The first kappa shape index (κ1) is 22.6. The van der Waals surface area contributed by atoms with Gasteiger partial charge in [0.2, 0.25) is 5.95 Å². The Morgan fingerprint density at radius 2 is 1.87 bits per heavy atom. The van der Waals surface area contributed by atoms with Crippen molar-refractivity contribution in [2.24, 2.45) is 0 Å². The second-order valence-electron chi connectivity index (χ2n) is 8.71. The van der Waals surface area contributed by atoms with Gasteiger partial charge in [0.05, 0.1) is 0 Å². The number of anilines is 2. The van der Waals surface area contributed by atoms with E-state index < -0.39 is 0 Å². The summed E-state index contributed by atoms with van der Waals surface area (Å²) in [6, 6.07) is 10.5. The third-order valence-electron chi connectivity index (χ3n) is 6.61. The van der Waals surface area contributed by atoms with E-state index in [4.69, 9.17) is 35.4 Å². The number of hydrogen-bond donors (Lipinski definition) is 2. The second kappa shape index (κ2) is 9.88. The average molecular weight is 478 g/mol. The molecule has 166 valence electrons. The molecule has 1 aromatic heterocycles. The summed E-state index contributed by atoms with van der Waals surface area (Å²) in [4.78, 5) is 11.3. The Morgan fingerprint density at radius 1 is 1.13 bits per heavy atom. The number of halogens is 2. The summed E-state index contributed by atoms with van der Waals surface area (Å²) in [7, 11) is 0. The average Bonchev–Trinajstić information content (AvgIpc) is 3.23. The fraction of sp³-hybridized carbons (Fsp3) is 0.522. The molecule has 1 atom stereocenters. The quantitative estimate of drug-likeness (QED) is 0.409. The molecule has 1 saturated carbocycles. The highest BCUT2D eigenvalue weighted by atomic mass is 35.5. The number of hydrogen-bond acceptors (Lipinski definition) is 4. The molecule has 1 aliphatic heterocycles. The maximum atomic E-state index is 6.30. The molecule has 2 aliphatic rings. The van der Waals surface area contributed by atoms with Crippen molar-refractivity contribution in [2.75, 3.05) is 23.3 Å². The van der Waals surface area contributed by atoms with Crippen molar-refractivity contribution in [1.82, 2.24) is 15.3 Å². The van der Waals surface area contributed by atoms with Crippen molar-refractivity contribution in [2.45, 2.75) is 63.3 Å². The number of piperidine rings is 1. The minimum Gasteiger partial charge on any atom is -0.361 e. The number of nitrogens with zero attached hydrogens (tertiary/aromatic N) is 3. The molecule has 0 bridgehead atoms. The van der Waals surface area contributed by atoms with Crippen molar-refractivity contribution in [1.29, 1.82) is 0 Å². The largest absolute Gasteiger partial charge is 0.361 e. The van der Waals surface area contributed by atoms with E-state index in [1.165, 1.54) is 31.2 Å². The molecule has 8 heteroatoms. The van der Waals surface area contributed by atoms with E-state index in [1.807, 2.05) is 18.2 Å². The zero-order valence-electron chi connectivity index (χ0n) is 17.8. The number of benzene rings is 1. The van der Waals surface area contributed by atoms with Gasteiger partial charge in [-0.1, -0.05) is 48.2 Å². The highest BCUT2D eigenvalue weighted by molar-refractivity contribution is 7.80. The third-order valence-corrected chi connectivity index (χ3v) is 7.30. The lowest BCUT2D eigenvalue weighted by molar-refractivity contribution is 0.435. The molecule has 0 spiro atoms. The molecule has 2 N–H and O–H groups in total. The zero-order chi connectivity index (χ0) is 21.8. The lowest BCUT2D eigenvalue weighted by Gasteiger charge is -2.34. The van der Waals surface area contributed by atoms with Crippen molar-refractivity contribution >= 4 is 52.3 Å². The van der Waals surface area contributed by atoms with Gasteiger partial charge in [-0.15, -0.1) is 0 Å². The normalized spacial score (nSPS) is 20.5. The lowest BCUT2D eigenvalue weighted by Crippen LogP contribution is -2.41. The number of aromatic nitrogens is 2. The lowest BCUT2D eigenvalue weighted by atomic mass is 9.79. The Balaban J connectivity index is 1.43. The van der Waals surface area contributed by atoms with Crippen LogP contribution in [-0.2, 0) is 5.41 Å². The molecule has 1 aromatic carbocycles. The van der Waals surface area contributed by atoms with Crippen LogP contribution in [0, 0.1) is 0 Å². The summed E-state index contributed by atoms with van der Waals surface area (Å²) >= 11 is 18.0. The monoisotopic (exact) mass is 477 g/mol. The standard InChI is InChI=1S/C23H29Cl2N5S/c1-16-6-2-5-13-30(16)20-14-19(25)27-21(28-20)29-22(31)26-15-23(11-3-4-12-23)17-7-9-18(24)10-8-17/h7-10,14,16H,2-6,11-13,15H2,1H3,(H2,26,27,28,29,31)/t16-/m0/s1. The van der Waals surface area contributed by atoms with Gasteiger partial charge in [-0.2, -0.15) is 4.98 Å². The van der Waals surface area contributed by atoms with E-state index in [2.05, 4.69) is 44.6 Å². The number of thiocarbonyl (C=S) groups is 1. The Morgan fingerprint density at radius 3 is 2.58 bits per heavy atom. The number of rotatable bonds is 5. The molecule has 1 aliphatic carbocycles. The summed E-state index contributed by atoms with van der Waals surface area (Å²) in [6.07, 6.45) is 8.30. The van der Waals surface area contributed by atoms with Gasteiger partial charge in [0, 0.05) is 35.6 Å². The maximum absolute atomic E-state index is 6.30. The van der Waals surface area contributed by atoms with Crippen LogP contribution in [0.15, 0.2) is 30.3 Å². The van der Waals surface area contributed by atoms with Gasteiger partial charge in [-0.3, -0.25) is 0 Å². The predicted octanol–water partition coefficient (Wildman–Crippen LogP) is 5.96.